The van der Waals surface area contributed by atoms with E-state index in [0.717, 1.165) is 0 Å². The molecule has 0 amide bonds. The van der Waals surface area contributed by atoms with Crippen molar-refractivity contribution < 1.29 is 24.4 Å². The molecule has 0 aromatic rings. The van der Waals surface area contributed by atoms with Crippen molar-refractivity contribution in [3.8, 4) is 0 Å². The van der Waals surface area contributed by atoms with Crippen LogP contribution in [0.5, 0.6) is 0 Å². The molecule has 0 spiro atoms. The molecule has 0 aliphatic carbocycles. The fourth-order valence-corrected chi connectivity index (χ4v) is 0.564. The lowest BCUT2D eigenvalue weighted by molar-refractivity contribution is -0.299. The molecule has 1 unspecified atom stereocenters. The summed E-state index contributed by atoms with van der Waals surface area (Å²) < 4.78 is 4.34. The van der Waals surface area contributed by atoms with Crippen molar-refractivity contribution in [3.05, 3.63) is 12.2 Å². The molecule has 76 valence electrons. The van der Waals surface area contributed by atoms with E-state index in [4.69, 9.17) is 0 Å². The molecule has 0 fully saturated rings. The van der Waals surface area contributed by atoms with Gasteiger partial charge in [0.15, 0.2) is 0 Å². The van der Waals surface area contributed by atoms with Crippen molar-refractivity contribution in [2.24, 2.45) is 0 Å². The molecule has 0 bridgehead atoms. The second kappa shape index (κ2) is 6.59. The number of esters is 1. The van der Waals surface area contributed by atoms with E-state index >= 15 is 0 Å². The van der Waals surface area contributed by atoms with Crippen molar-refractivity contribution in [2.75, 3.05) is 20.3 Å². The Morgan fingerprint density at radius 2 is 2.15 bits per heavy atom. The van der Waals surface area contributed by atoms with E-state index in [0.29, 0.717) is 6.61 Å². The zero-order valence-electron chi connectivity index (χ0n) is 7.78. The minimum atomic E-state index is -1.10. The van der Waals surface area contributed by atoms with Gasteiger partial charge in [0.2, 0.25) is 0 Å². The normalized spacial score (nSPS) is 12.2. The van der Waals surface area contributed by atoms with E-state index in [1.54, 1.807) is 6.92 Å². The Morgan fingerprint density at radius 1 is 1.54 bits per heavy atom. The van der Waals surface area contributed by atoms with Crippen molar-refractivity contribution >= 4 is 5.97 Å². The number of methoxy groups -OCH3 is 1. The number of rotatable bonds is 6. The van der Waals surface area contributed by atoms with Gasteiger partial charge in [-0.15, -0.1) is 0 Å². The third-order valence-electron chi connectivity index (χ3n) is 1.28. The standard InChI is InChI=1S/C8H14O5/c1-4-12-13-5-7(9)6(2)8(10)11-3/h7,9H,2,4-5H2,1,3H3. The van der Waals surface area contributed by atoms with E-state index in [1.165, 1.54) is 7.11 Å². The first-order valence-electron chi connectivity index (χ1n) is 3.83. The second-order valence-electron chi connectivity index (χ2n) is 2.22. The number of carbonyl (C=O) groups excluding carboxylic acids is 1. The third-order valence-corrected chi connectivity index (χ3v) is 1.28. The fraction of sp³-hybridized carbons (Fsp3) is 0.625. The lowest BCUT2D eigenvalue weighted by Gasteiger charge is -2.10. The maximum absolute atomic E-state index is 10.8. The van der Waals surface area contributed by atoms with E-state index in [1.807, 2.05) is 0 Å². The molecule has 0 saturated carbocycles. The summed E-state index contributed by atoms with van der Waals surface area (Å²) in [6.45, 7) is 5.32. The Labute approximate surface area is 76.8 Å². The highest BCUT2D eigenvalue weighted by Gasteiger charge is 2.17. The molecule has 13 heavy (non-hydrogen) atoms. The molecular weight excluding hydrogens is 176 g/mol. The molecule has 5 heteroatoms. The smallest absolute Gasteiger partial charge is 0.335 e. The lowest BCUT2D eigenvalue weighted by Crippen LogP contribution is -2.23. The molecule has 0 saturated heterocycles. The van der Waals surface area contributed by atoms with Crippen LogP contribution in [0.15, 0.2) is 12.2 Å². The van der Waals surface area contributed by atoms with Gasteiger partial charge in [-0.3, -0.25) is 0 Å². The molecule has 0 aromatic carbocycles. The summed E-state index contributed by atoms with van der Waals surface area (Å²) >= 11 is 0. The van der Waals surface area contributed by atoms with Crippen LogP contribution < -0.4 is 0 Å². The number of ether oxygens (including phenoxy) is 1. The van der Waals surface area contributed by atoms with Gasteiger partial charge in [0.25, 0.3) is 0 Å². The molecule has 0 aliphatic heterocycles. The third kappa shape index (κ3) is 4.62. The van der Waals surface area contributed by atoms with Crippen LogP contribution in [0.3, 0.4) is 0 Å². The number of aliphatic hydroxyl groups is 1. The molecule has 0 rings (SSSR count). The first-order chi connectivity index (χ1) is 6.13. The largest absolute Gasteiger partial charge is 0.466 e. The van der Waals surface area contributed by atoms with Gasteiger partial charge in [0.1, 0.15) is 12.7 Å². The molecule has 5 nitrogen and oxygen atoms in total. The van der Waals surface area contributed by atoms with E-state index in [-0.39, 0.29) is 12.2 Å². The minimum Gasteiger partial charge on any atom is -0.466 e. The number of hydrogen-bond donors (Lipinski definition) is 1. The minimum absolute atomic E-state index is 0.0535. The van der Waals surface area contributed by atoms with Gasteiger partial charge in [0, 0.05) is 0 Å². The highest BCUT2D eigenvalue weighted by molar-refractivity contribution is 5.88. The Balaban J connectivity index is 3.76. The van der Waals surface area contributed by atoms with Crippen LogP contribution in [0.1, 0.15) is 6.92 Å². The van der Waals surface area contributed by atoms with E-state index in [2.05, 4.69) is 21.1 Å². The monoisotopic (exact) mass is 190 g/mol. The van der Waals surface area contributed by atoms with E-state index < -0.39 is 12.1 Å². The Hall–Kier alpha value is -0.910. The van der Waals surface area contributed by atoms with Crippen LogP contribution in [-0.4, -0.2) is 37.5 Å². The van der Waals surface area contributed by atoms with Crippen molar-refractivity contribution in [1.29, 1.82) is 0 Å². The summed E-state index contributed by atoms with van der Waals surface area (Å²) in [5.41, 5.74) is -0.0535. The molecule has 0 aliphatic rings. The first kappa shape index (κ1) is 12.1. The van der Waals surface area contributed by atoms with E-state index in [9.17, 15) is 9.90 Å². The summed E-state index contributed by atoms with van der Waals surface area (Å²) in [6, 6.07) is 0. The maximum atomic E-state index is 10.8. The van der Waals surface area contributed by atoms with Gasteiger partial charge >= 0.3 is 5.97 Å². The molecular formula is C8H14O5. The average Bonchev–Trinajstić information content (AvgIpc) is 2.15. The SMILES string of the molecule is C=C(C(=O)OC)C(O)COOCC. The van der Waals surface area contributed by atoms with Crippen LogP contribution in [0, 0.1) is 0 Å². The van der Waals surface area contributed by atoms with Crippen molar-refractivity contribution in [1.82, 2.24) is 0 Å². The number of carbonyl (C=O) groups is 1. The number of aliphatic hydroxyl groups excluding tert-OH is 1. The van der Waals surface area contributed by atoms with Gasteiger partial charge in [-0.1, -0.05) is 6.58 Å². The second-order valence-corrected chi connectivity index (χ2v) is 2.22. The maximum Gasteiger partial charge on any atom is 0.335 e. The Kier molecular flexibility index (Phi) is 6.13. The van der Waals surface area contributed by atoms with Crippen LogP contribution >= 0.6 is 0 Å². The average molecular weight is 190 g/mol. The van der Waals surface area contributed by atoms with Gasteiger partial charge in [0.05, 0.1) is 19.3 Å². The number of hydrogen-bond acceptors (Lipinski definition) is 5. The first-order valence-corrected chi connectivity index (χ1v) is 3.83. The molecule has 1 N–H and O–H groups in total. The van der Waals surface area contributed by atoms with Crippen LogP contribution in [-0.2, 0) is 19.3 Å². The molecule has 0 aromatic heterocycles. The topological polar surface area (TPSA) is 65.0 Å². The van der Waals surface area contributed by atoms with Crippen LogP contribution in [0.4, 0.5) is 0 Å². The highest BCUT2D eigenvalue weighted by Crippen LogP contribution is 2.02. The van der Waals surface area contributed by atoms with Gasteiger partial charge < -0.3 is 9.84 Å². The van der Waals surface area contributed by atoms with Gasteiger partial charge in [-0.2, -0.15) is 0 Å². The van der Waals surface area contributed by atoms with Crippen molar-refractivity contribution in [3.63, 3.8) is 0 Å². The molecule has 0 heterocycles. The predicted molar refractivity (Wildman–Crippen MR) is 44.7 cm³/mol. The van der Waals surface area contributed by atoms with Gasteiger partial charge in [-0.05, 0) is 6.92 Å². The quantitative estimate of drug-likeness (QED) is 0.211. The van der Waals surface area contributed by atoms with Crippen LogP contribution in [0.2, 0.25) is 0 Å². The Bertz CT molecular complexity index is 177. The van der Waals surface area contributed by atoms with Crippen LogP contribution in [0.25, 0.3) is 0 Å². The zero-order chi connectivity index (χ0) is 10.3. The molecule has 1 atom stereocenters. The zero-order valence-corrected chi connectivity index (χ0v) is 7.78. The summed E-state index contributed by atoms with van der Waals surface area (Å²) in [4.78, 5) is 19.9. The summed E-state index contributed by atoms with van der Waals surface area (Å²) in [5.74, 6) is -0.660. The summed E-state index contributed by atoms with van der Waals surface area (Å²) in [7, 11) is 1.21. The lowest BCUT2D eigenvalue weighted by atomic mass is 10.2. The van der Waals surface area contributed by atoms with Crippen molar-refractivity contribution in [2.45, 2.75) is 13.0 Å². The predicted octanol–water partition coefficient (Wildman–Crippen LogP) is 0.0446. The fourth-order valence-electron chi connectivity index (χ4n) is 0.564. The summed E-state index contributed by atoms with van der Waals surface area (Å²) in [6.07, 6.45) is -1.10. The highest BCUT2D eigenvalue weighted by atomic mass is 17.2. The summed E-state index contributed by atoms with van der Waals surface area (Å²) in [5, 5.41) is 9.24. The molecule has 0 radical (unpaired) electrons. The Morgan fingerprint density at radius 3 is 2.62 bits per heavy atom. The van der Waals surface area contributed by atoms with Gasteiger partial charge in [-0.25, -0.2) is 14.6 Å².